The number of likely N-dealkylation sites (N-methyl/N-ethyl adjacent to an activating group) is 1. The van der Waals surface area contributed by atoms with Crippen LogP contribution in [0.5, 0.6) is 0 Å². The fourth-order valence-corrected chi connectivity index (χ4v) is 0.812. The third kappa shape index (κ3) is 6.73. The van der Waals surface area contributed by atoms with Crippen molar-refractivity contribution in [3.8, 4) is 0 Å². The Labute approximate surface area is 89.0 Å². The number of amides is 1. The van der Waals surface area contributed by atoms with Crippen molar-refractivity contribution >= 4 is 12.1 Å². The van der Waals surface area contributed by atoms with E-state index in [1.165, 1.54) is 7.05 Å². The van der Waals surface area contributed by atoms with Crippen LogP contribution in [0.4, 0.5) is 4.79 Å². The fraction of sp³-hybridized carbons (Fsp3) is 0.778. The number of alkyl carbamates (subject to hydrolysis) is 1. The Kier molecular flexibility index (Phi) is 5.07. The van der Waals surface area contributed by atoms with E-state index in [0.717, 1.165) is 0 Å². The lowest BCUT2D eigenvalue weighted by atomic mass is 10.2. The van der Waals surface area contributed by atoms with Crippen LogP contribution in [0.15, 0.2) is 0 Å². The lowest BCUT2D eigenvalue weighted by Crippen LogP contribution is -2.45. The molecular formula is C9H18N2O4. The zero-order valence-electron chi connectivity index (χ0n) is 9.46. The van der Waals surface area contributed by atoms with Crippen molar-refractivity contribution in [3.05, 3.63) is 0 Å². The number of carbonyl (C=O) groups is 2. The number of nitrogens with one attached hydrogen (secondary N) is 2. The first-order chi connectivity index (χ1) is 6.76. The van der Waals surface area contributed by atoms with Gasteiger partial charge < -0.3 is 20.5 Å². The molecule has 6 heteroatoms. The first-order valence-corrected chi connectivity index (χ1v) is 4.63. The Morgan fingerprint density at radius 3 is 2.27 bits per heavy atom. The van der Waals surface area contributed by atoms with E-state index in [-0.39, 0.29) is 6.54 Å². The van der Waals surface area contributed by atoms with Gasteiger partial charge in [-0.1, -0.05) is 0 Å². The maximum Gasteiger partial charge on any atom is 0.407 e. The molecule has 1 amide bonds. The molecule has 0 fully saturated rings. The lowest BCUT2D eigenvalue weighted by molar-refractivity contribution is -0.139. The van der Waals surface area contributed by atoms with Crippen molar-refractivity contribution in [1.82, 2.24) is 10.6 Å². The zero-order valence-corrected chi connectivity index (χ0v) is 9.46. The van der Waals surface area contributed by atoms with E-state index in [0.29, 0.717) is 0 Å². The van der Waals surface area contributed by atoms with E-state index in [1.807, 2.05) is 0 Å². The van der Waals surface area contributed by atoms with Gasteiger partial charge in [0.2, 0.25) is 0 Å². The third-order valence-electron chi connectivity index (χ3n) is 1.50. The van der Waals surface area contributed by atoms with E-state index < -0.39 is 23.7 Å². The highest BCUT2D eigenvalue weighted by atomic mass is 16.6. The Morgan fingerprint density at radius 2 is 1.93 bits per heavy atom. The highest BCUT2D eigenvalue weighted by molar-refractivity contribution is 5.75. The van der Waals surface area contributed by atoms with Crippen molar-refractivity contribution in [1.29, 1.82) is 0 Å². The highest BCUT2D eigenvalue weighted by Gasteiger charge is 2.19. The van der Waals surface area contributed by atoms with Crippen LogP contribution in [0.3, 0.4) is 0 Å². The van der Waals surface area contributed by atoms with E-state index >= 15 is 0 Å². The monoisotopic (exact) mass is 218 g/mol. The highest BCUT2D eigenvalue weighted by Crippen LogP contribution is 2.06. The lowest BCUT2D eigenvalue weighted by Gasteiger charge is -2.20. The predicted octanol–water partition coefficient (Wildman–Crippen LogP) is 0.184. The largest absolute Gasteiger partial charge is 0.480 e. The van der Waals surface area contributed by atoms with Crippen LogP contribution in [0.2, 0.25) is 0 Å². The van der Waals surface area contributed by atoms with Crippen LogP contribution < -0.4 is 10.6 Å². The zero-order chi connectivity index (χ0) is 12.1. The summed E-state index contributed by atoms with van der Waals surface area (Å²) in [7, 11) is 1.51. The van der Waals surface area contributed by atoms with Gasteiger partial charge >= 0.3 is 12.1 Å². The molecule has 88 valence electrons. The van der Waals surface area contributed by atoms with Crippen LogP contribution in [0.25, 0.3) is 0 Å². The second-order valence-corrected chi connectivity index (χ2v) is 4.06. The van der Waals surface area contributed by atoms with Gasteiger partial charge in [-0.3, -0.25) is 4.79 Å². The summed E-state index contributed by atoms with van der Waals surface area (Å²) in [5.74, 6) is -1.02. The number of hydrogen-bond donors (Lipinski definition) is 3. The molecule has 0 saturated heterocycles. The molecule has 3 N–H and O–H groups in total. The van der Waals surface area contributed by atoms with Crippen molar-refractivity contribution < 1.29 is 19.4 Å². The molecule has 6 nitrogen and oxygen atoms in total. The van der Waals surface area contributed by atoms with Gasteiger partial charge in [0.05, 0.1) is 0 Å². The summed E-state index contributed by atoms with van der Waals surface area (Å²) < 4.78 is 4.94. The minimum atomic E-state index is -1.02. The van der Waals surface area contributed by atoms with Crippen molar-refractivity contribution in [2.75, 3.05) is 13.6 Å². The van der Waals surface area contributed by atoms with Gasteiger partial charge in [-0.2, -0.15) is 0 Å². The first-order valence-electron chi connectivity index (χ1n) is 4.63. The molecule has 0 heterocycles. The molecule has 0 aliphatic heterocycles. The van der Waals surface area contributed by atoms with Gasteiger partial charge in [0, 0.05) is 6.54 Å². The second-order valence-electron chi connectivity index (χ2n) is 4.06. The van der Waals surface area contributed by atoms with Crippen LogP contribution >= 0.6 is 0 Å². The van der Waals surface area contributed by atoms with Gasteiger partial charge in [-0.25, -0.2) is 4.79 Å². The smallest absolute Gasteiger partial charge is 0.407 e. The van der Waals surface area contributed by atoms with E-state index in [2.05, 4.69) is 10.6 Å². The second kappa shape index (κ2) is 5.55. The summed E-state index contributed by atoms with van der Waals surface area (Å²) in [6, 6.07) is -0.808. The number of aliphatic carboxylic acids is 1. The maximum atomic E-state index is 11.1. The van der Waals surface area contributed by atoms with E-state index in [4.69, 9.17) is 9.84 Å². The van der Waals surface area contributed by atoms with Gasteiger partial charge in [0.1, 0.15) is 11.6 Å². The standard InChI is InChI=1S/C9H18N2O4/c1-9(2,3)15-8(14)11-5-6(10-4)7(12)13/h6,10H,5H2,1-4H3,(H,11,14)(H,12,13)/t6-/m0/s1. The molecule has 0 bridgehead atoms. The molecule has 0 unspecified atom stereocenters. The molecule has 0 aliphatic carbocycles. The minimum Gasteiger partial charge on any atom is -0.480 e. The summed E-state index contributed by atoms with van der Waals surface area (Å²) in [5.41, 5.74) is -0.581. The molecule has 0 spiro atoms. The van der Waals surface area contributed by atoms with Gasteiger partial charge in [-0.15, -0.1) is 0 Å². The number of rotatable bonds is 4. The number of carbonyl (C=O) groups excluding carboxylic acids is 1. The van der Waals surface area contributed by atoms with Crippen LogP contribution in [0.1, 0.15) is 20.8 Å². The molecule has 0 aromatic carbocycles. The topological polar surface area (TPSA) is 87.7 Å². The molecule has 0 aliphatic rings. The number of ether oxygens (including phenoxy) is 1. The van der Waals surface area contributed by atoms with Gasteiger partial charge in [0.15, 0.2) is 0 Å². The number of carboxylic acid groups (broad SMARTS) is 1. The molecule has 15 heavy (non-hydrogen) atoms. The Bertz CT molecular complexity index is 235. The average Bonchev–Trinajstić information content (AvgIpc) is 2.01. The summed E-state index contributed by atoms with van der Waals surface area (Å²) in [4.78, 5) is 21.7. The van der Waals surface area contributed by atoms with Crippen LogP contribution in [-0.4, -0.2) is 42.4 Å². The summed E-state index contributed by atoms with van der Waals surface area (Å²) in [5, 5.41) is 13.6. The van der Waals surface area contributed by atoms with Crippen LogP contribution in [0, 0.1) is 0 Å². The SMILES string of the molecule is CN[C@@H](CNC(=O)OC(C)(C)C)C(=O)O. The summed E-state index contributed by atoms with van der Waals surface area (Å²) in [6.45, 7) is 5.19. The fourth-order valence-electron chi connectivity index (χ4n) is 0.812. The Balaban J connectivity index is 3.94. The van der Waals surface area contributed by atoms with Crippen molar-refractivity contribution in [2.45, 2.75) is 32.4 Å². The van der Waals surface area contributed by atoms with Crippen LogP contribution in [-0.2, 0) is 9.53 Å². The molecule has 0 saturated carbocycles. The van der Waals surface area contributed by atoms with Crippen molar-refractivity contribution in [3.63, 3.8) is 0 Å². The minimum absolute atomic E-state index is 0.0131. The maximum absolute atomic E-state index is 11.1. The van der Waals surface area contributed by atoms with E-state index in [1.54, 1.807) is 20.8 Å². The normalized spacial score (nSPS) is 13.1. The number of carboxylic acids is 1. The third-order valence-corrected chi connectivity index (χ3v) is 1.50. The van der Waals surface area contributed by atoms with Gasteiger partial charge in [-0.05, 0) is 27.8 Å². The molecule has 0 radical (unpaired) electrons. The summed E-state index contributed by atoms with van der Waals surface area (Å²) >= 11 is 0. The Hall–Kier alpha value is -1.30. The Morgan fingerprint density at radius 1 is 1.40 bits per heavy atom. The van der Waals surface area contributed by atoms with E-state index in [9.17, 15) is 9.59 Å². The molecule has 0 rings (SSSR count). The summed E-state index contributed by atoms with van der Waals surface area (Å²) in [6.07, 6.45) is -0.621. The molecule has 0 aromatic rings. The van der Waals surface area contributed by atoms with Gasteiger partial charge in [0.25, 0.3) is 0 Å². The predicted molar refractivity (Wildman–Crippen MR) is 54.7 cm³/mol. The first kappa shape index (κ1) is 13.7. The number of hydrogen-bond acceptors (Lipinski definition) is 4. The average molecular weight is 218 g/mol. The quantitative estimate of drug-likeness (QED) is 0.626. The molecule has 0 aromatic heterocycles. The molecular weight excluding hydrogens is 200 g/mol. The van der Waals surface area contributed by atoms with Crippen molar-refractivity contribution in [2.24, 2.45) is 0 Å². The molecule has 1 atom stereocenters.